The Kier molecular flexibility index (Phi) is 4.64. The summed E-state index contributed by atoms with van der Waals surface area (Å²) in [4.78, 5) is 0. The lowest BCUT2D eigenvalue weighted by Crippen LogP contribution is -2.42. The molecule has 106 valence electrons. The van der Waals surface area contributed by atoms with E-state index in [-0.39, 0.29) is 31.0 Å². The second kappa shape index (κ2) is 5.87. The van der Waals surface area contributed by atoms with Gasteiger partial charge in [0.15, 0.2) is 12.6 Å². The molecule has 1 aliphatic carbocycles. The number of aliphatic hydroxyl groups excluding tert-OH is 1. The first-order valence-corrected chi connectivity index (χ1v) is 6.95. The Hall–Kier alpha value is -0.160. The lowest BCUT2D eigenvalue weighted by molar-refractivity contribution is -0.200. The highest BCUT2D eigenvalue weighted by molar-refractivity contribution is 4.95. The molecule has 0 aromatic rings. The average molecular weight is 258 g/mol. The van der Waals surface area contributed by atoms with E-state index in [0.29, 0.717) is 17.8 Å². The molecule has 2 fully saturated rings. The molecule has 18 heavy (non-hydrogen) atoms. The molecule has 0 radical (unpaired) electrons. The second-order valence-electron chi connectivity index (χ2n) is 5.93. The minimum absolute atomic E-state index is 0.193. The summed E-state index contributed by atoms with van der Waals surface area (Å²) in [6, 6.07) is 0. The van der Waals surface area contributed by atoms with E-state index >= 15 is 0 Å². The van der Waals surface area contributed by atoms with Gasteiger partial charge in [0.1, 0.15) is 0 Å². The van der Waals surface area contributed by atoms with Gasteiger partial charge in [0.25, 0.3) is 0 Å². The molecule has 0 aromatic carbocycles. The van der Waals surface area contributed by atoms with Gasteiger partial charge in [-0.2, -0.15) is 0 Å². The van der Waals surface area contributed by atoms with Gasteiger partial charge in [0, 0.05) is 32.7 Å². The maximum Gasteiger partial charge on any atom is 0.163 e. The maximum absolute atomic E-state index is 9.58. The lowest BCUT2D eigenvalue weighted by atomic mass is 9.64. The Labute approximate surface area is 110 Å². The predicted octanol–water partition coefficient (Wildman–Crippen LogP) is 1.87. The van der Waals surface area contributed by atoms with E-state index in [0.717, 1.165) is 12.8 Å². The molecule has 0 bridgehead atoms. The smallest absolute Gasteiger partial charge is 0.163 e. The zero-order valence-electron chi connectivity index (χ0n) is 11.8. The summed E-state index contributed by atoms with van der Waals surface area (Å²) in [5.74, 6) is 2.06. The predicted molar refractivity (Wildman–Crippen MR) is 67.8 cm³/mol. The summed E-state index contributed by atoms with van der Waals surface area (Å²) in [6.07, 6.45) is 1.77. The third kappa shape index (κ3) is 2.31. The SMILES string of the molecule is CO[C@H]1O[C@@H](OC)[C@H]2[C@@H]1[C@@H](CO)CC[C@@H]2C(C)C. The molecule has 1 saturated carbocycles. The average Bonchev–Trinajstić information content (AvgIpc) is 2.76. The van der Waals surface area contributed by atoms with Crippen molar-refractivity contribution in [3.05, 3.63) is 0 Å². The Balaban J connectivity index is 2.25. The topological polar surface area (TPSA) is 47.9 Å². The number of fused-ring (bicyclic) bond motifs is 1. The van der Waals surface area contributed by atoms with Gasteiger partial charge >= 0.3 is 0 Å². The largest absolute Gasteiger partial charge is 0.396 e. The molecule has 4 nitrogen and oxygen atoms in total. The number of rotatable bonds is 4. The van der Waals surface area contributed by atoms with Crippen LogP contribution in [-0.4, -0.2) is 38.5 Å². The lowest BCUT2D eigenvalue weighted by Gasteiger charge is -2.41. The fraction of sp³-hybridized carbons (Fsp3) is 1.00. The van der Waals surface area contributed by atoms with Gasteiger partial charge in [-0.1, -0.05) is 13.8 Å². The van der Waals surface area contributed by atoms with Crippen molar-refractivity contribution in [3.63, 3.8) is 0 Å². The number of aliphatic hydroxyl groups is 1. The maximum atomic E-state index is 9.58. The molecular weight excluding hydrogens is 232 g/mol. The van der Waals surface area contributed by atoms with E-state index < -0.39 is 0 Å². The first kappa shape index (κ1) is 14.3. The van der Waals surface area contributed by atoms with E-state index in [4.69, 9.17) is 14.2 Å². The second-order valence-corrected chi connectivity index (χ2v) is 5.93. The van der Waals surface area contributed by atoms with Crippen molar-refractivity contribution in [2.45, 2.75) is 39.3 Å². The molecule has 0 amide bonds. The molecule has 2 aliphatic rings. The minimum atomic E-state index is -0.237. The molecular formula is C14H26O4. The van der Waals surface area contributed by atoms with Crippen molar-refractivity contribution >= 4 is 0 Å². The van der Waals surface area contributed by atoms with Crippen LogP contribution in [-0.2, 0) is 14.2 Å². The van der Waals surface area contributed by atoms with Crippen LogP contribution >= 0.6 is 0 Å². The summed E-state index contributed by atoms with van der Waals surface area (Å²) < 4.78 is 16.8. The normalized spacial score (nSPS) is 44.3. The molecule has 4 heteroatoms. The van der Waals surface area contributed by atoms with E-state index in [1.807, 2.05) is 0 Å². The Morgan fingerprint density at radius 2 is 1.72 bits per heavy atom. The Bertz CT molecular complexity index is 269. The van der Waals surface area contributed by atoms with Crippen molar-refractivity contribution in [1.82, 2.24) is 0 Å². The third-order valence-electron chi connectivity index (χ3n) is 4.81. The molecule has 0 aromatic heterocycles. The highest BCUT2D eigenvalue weighted by Gasteiger charge is 2.54. The minimum Gasteiger partial charge on any atom is -0.396 e. The van der Waals surface area contributed by atoms with Crippen LogP contribution in [0.3, 0.4) is 0 Å². The molecule has 0 spiro atoms. The van der Waals surface area contributed by atoms with Crippen LogP contribution < -0.4 is 0 Å². The van der Waals surface area contributed by atoms with Gasteiger partial charge in [-0.15, -0.1) is 0 Å². The third-order valence-corrected chi connectivity index (χ3v) is 4.81. The van der Waals surface area contributed by atoms with Gasteiger partial charge in [0.05, 0.1) is 0 Å². The van der Waals surface area contributed by atoms with Gasteiger partial charge in [-0.05, 0) is 30.6 Å². The fourth-order valence-corrected chi connectivity index (χ4v) is 3.91. The van der Waals surface area contributed by atoms with Crippen LogP contribution in [0.15, 0.2) is 0 Å². The van der Waals surface area contributed by atoms with Gasteiger partial charge < -0.3 is 19.3 Å². The Morgan fingerprint density at radius 1 is 1.11 bits per heavy atom. The van der Waals surface area contributed by atoms with Crippen LogP contribution in [0.2, 0.25) is 0 Å². The summed E-state index contributed by atoms with van der Waals surface area (Å²) in [6.45, 7) is 4.73. The van der Waals surface area contributed by atoms with Crippen LogP contribution in [0.5, 0.6) is 0 Å². The summed E-state index contributed by atoms with van der Waals surface area (Å²) in [5.41, 5.74) is 0. The molecule has 0 unspecified atom stereocenters. The number of hydrogen-bond acceptors (Lipinski definition) is 4. The number of ether oxygens (including phenoxy) is 3. The van der Waals surface area contributed by atoms with E-state index in [1.165, 1.54) is 0 Å². The molecule has 6 atom stereocenters. The van der Waals surface area contributed by atoms with Crippen molar-refractivity contribution in [3.8, 4) is 0 Å². The highest BCUT2D eigenvalue weighted by atomic mass is 16.8. The zero-order chi connectivity index (χ0) is 13.3. The summed E-state index contributed by atoms with van der Waals surface area (Å²) in [5, 5.41) is 9.58. The van der Waals surface area contributed by atoms with Crippen molar-refractivity contribution in [1.29, 1.82) is 0 Å². The standard InChI is InChI=1S/C14H26O4/c1-8(2)10-6-5-9(7-15)11-12(10)14(17-4)18-13(11)16-3/h8-15H,5-7H2,1-4H3/t9-,10-,11+,12-,13+,14-/m1/s1. The first-order chi connectivity index (χ1) is 8.63. The quantitative estimate of drug-likeness (QED) is 0.836. The summed E-state index contributed by atoms with van der Waals surface area (Å²) >= 11 is 0. The molecule has 2 rings (SSSR count). The Morgan fingerprint density at radius 3 is 2.22 bits per heavy atom. The molecule has 1 heterocycles. The summed E-state index contributed by atoms with van der Waals surface area (Å²) in [7, 11) is 3.37. The first-order valence-electron chi connectivity index (χ1n) is 6.95. The van der Waals surface area contributed by atoms with E-state index in [2.05, 4.69) is 13.8 Å². The van der Waals surface area contributed by atoms with Gasteiger partial charge in [0.2, 0.25) is 0 Å². The number of methoxy groups -OCH3 is 2. The van der Waals surface area contributed by atoms with Crippen molar-refractivity contribution in [2.24, 2.45) is 29.6 Å². The van der Waals surface area contributed by atoms with E-state index in [1.54, 1.807) is 14.2 Å². The van der Waals surface area contributed by atoms with E-state index in [9.17, 15) is 5.11 Å². The van der Waals surface area contributed by atoms with Crippen LogP contribution in [0, 0.1) is 29.6 Å². The molecule has 1 aliphatic heterocycles. The zero-order valence-corrected chi connectivity index (χ0v) is 11.8. The monoisotopic (exact) mass is 258 g/mol. The van der Waals surface area contributed by atoms with Crippen LogP contribution in [0.1, 0.15) is 26.7 Å². The molecule has 1 N–H and O–H groups in total. The van der Waals surface area contributed by atoms with Crippen LogP contribution in [0.25, 0.3) is 0 Å². The van der Waals surface area contributed by atoms with Gasteiger partial charge in [-0.3, -0.25) is 0 Å². The van der Waals surface area contributed by atoms with Crippen molar-refractivity contribution in [2.75, 3.05) is 20.8 Å². The number of hydrogen-bond donors (Lipinski definition) is 1. The fourth-order valence-electron chi connectivity index (χ4n) is 3.91. The highest BCUT2D eigenvalue weighted by Crippen LogP contribution is 2.51. The van der Waals surface area contributed by atoms with Crippen LogP contribution in [0.4, 0.5) is 0 Å². The van der Waals surface area contributed by atoms with Crippen molar-refractivity contribution < 1.29 is 19.3 Å². The van der Waals surface area contributed by atoms with Gasteiger partial charge in [-0.25, -0.2) is 0 Å². The molecule has 1 saturated heterocycles.